The summed E-state index contributed by atoms with van der Waals surface area (Å²) in [6, 6.07) is 13.2. The summed E-state index contributed by atoms with van der Waals surface area (Å²) in [5.41, 5.74) is 8.92. The monoisotopic (exact) mass is 259 g/mol. The van der Waals surface area contributed by atoms with Gasteiger partial charge in [-0.1, -0.05) is 37.3 Å². The molecule has 0 radical (unpaired) electrons. The number of thiophene rings is 1. The Morgan fingerprint density at radius 3 is 2.83 bits per heavy atom. The molecule has 2 rings (SSSR count). The van der Waals surface area contributed by atoms with Gasteiger partial charge in [0.2, 0.25) is 0 Å². The highest BCUT2D eigenvalue weighted by Crippen LogP contribution is 2.20. The fourth-order valence-corrected chi connectivity index (χ4v) is 2.91. The highest BCUT2D eigenvalue weighted by Gasteiger charge is 2.06. The van der Waals surface area contributed by atoms with Crippen LogP contribution in [0.15, 0.2) is 41.8 Å². The lowest BCUT2D eigenvalue weighted by molar-refractivity contribution is 0.613. The van der Waals surface area contributed by atoms with Gasteiger partial charge < -0.3 is 5.73 Å². The molecular formula is C16H21NS. The number of aryl methyl sites for hydroxylation is 2. The number of benzene rings is 1. The fraction of sp³-hybridized carbons (Fsp3) is 0.375. The van der Waals surface area contributed by atoms with E-state index in [0.717, 1.165) is 25.7 Å². The van der Waals surface area contributed by atoms with E-state index in [9.17, 15) is 0 Å². The number of nitrogens with two attached hydrogens (primary N) is 1. The van der Waals surface area contributed by atoms with Crippen molar-refractivity contribution in [2.45, 2.75) is 38.6 Å². The molecule has 1 unspecified atom stereocenters. The third-order valence-corrected chi connectivity index (χ3v) is 4.24. The van der Waals surface area contributed by atoms with Gasteiger partial charge in [0.1, 0.15) is 0 Å². The molecule has 0 spiro atoms. The molecule has 96 valence electrons. The van der Waals surface area contributed by atoms with Crippen molar-refractivity contribution in [1.82, 2.24) is 0 Å². The summed E-state index contributed by atoms with van der Waals surface area (Å²) < 4.78 is 0. The third-order valence-electron chi connectivity index (χ3n) is 3.31. The largest absolute Gasteiger partial charge is 0.324 e. The van der Waals surface area contributed by atoms with Gasteiger partial charge in [0.05, 0.1) is 0 Å². The van der Waals surface area contributed by atoms with Crippen LogP contribution in [0.2, 0.25) is 0 Å². The predicted molar refractivity (Wildman–Crippen MR) is 80.0 cm³/mol. The van der Waals surface area contributed by atoms with Crippen LogP contribution >= 0.6 is 11.3 Å². The Kier molecular flexibility index (Phi) is 4.97. The van der Waals surface area contributed by atoms with Crippen molar-refractivity contribution >= 4 is 11.3 Å². The summed E-state index contributed by atoms with van der Waals surface area (Å²) in [5, 5.41) is 2.14. The molecule has 0 aliphatic heterocycles. The molecule has 2 heteroatoms. The first kappa shape index (κ1) is 13.3. The lowest BCUT2D eigenvalue weighted by Crippen LogP contribution is -2.10. The van der Waals surface area contributed by atoms with E-state index in [4.69, 9.17) is 5.73 Å². The zero-order valence-corrected chi connectivity index (χ0v) is 11.7. The Labute approximate surface area is 114 Å². The minimum absolute atomic E-state index is 0.177. The van der Waals surface area contributed by atoms with E-state index < -0.39 is 0 Å². The van der Waals surface area contributed by atoms with E-state index in [1.165, 1.54) is 16.0 Å². The molecule has 1 atom stereocenters. The van der Waals surface area contributed by atoms with Gasteiger partial charge in [-0.3, -0.25) is 0 Å². The molecule has 1 aromatic carbocycles. The normalized spacial score (nSPS) is 12.6. The van der Waals surface area contributed by atoms with Crippen molar-refractivity contribution < 1.29 is 0 Å². The van der Waals surface area contributed by atoms with Gasteiger partial charge in [-0.05, 0) is 48.3 Å². The standard InChI is InChI=1S/C16H21NS/c1-2-13-6-3-7-14(12-13)16(17)10-4-8-15-9-5-11-18-15/h3,5-7,9,11-12,16H,2,4,8,10,17H2,1H3. The van der Waals surface area contributed by atoms with Crippen LogP contribution in [0.4, 0.5) is 0 Å². The van der Waals surface area contributed by atoms with Crippen LogP contribution in [0.25, 0.3) is 0 Å². The lowest BCUT2D eigenvalue weighted by Gasteiger charge is -2.12. The molecule has 1 heterocycles. The van der Waals surface area contributed by atoms with Crippen LogP contribution in [0, 0.1) is 0 Å². The summed E-state index contributed by atoms with van der Waals surface area (Å²) in [6.45, 7) is 2.18. The van der Waals surface area contributed by atoms with Gasteiger partial charge >= 0.3 is 0 Å². The quantitative estimate of drug-likeness (QED) is 0.821. The first-order valence-corrected chi connectivity index (χ1v) is 7.54. The lowest BCUT2D eigenvalue weighted by atomic mass is 9.99. The summed E-state index contributed by atoms with van der Waals surface area (Å²) in [6.07, 6.45) is 4.46. The van der Waals surface area contributed by atoms with E-state index in [0.29, 0.717) is 0 Å². The van der Waals surface area contributed by atoms with Gasteiger partial charge in [0, 0.05) is 10.9 Å². The number of hydrogen-bond acceptors (Lipinski definition) is 2. The smallest absolute Gasteiger partial charge is 0.0295 e. The van der Waals surface area contributed by atoms with Crippen LogP contribution in [-0.2, 0) is 12.8 Å². The fourth-order valence-electron chi connectivity index (χ4n) is 2.16. The van der Waals surface area contributed by atoms with Crippen LogP contribution < -0.4 is 5.73 Å². The molecule has 2 N–H and O–H groups in total. The second-order valence-electron chi connectivity index (χ2n) is 4.68. The molecule has 18 heavy (non-hydrogen) atoms. The summed E-state index contributed by atoms with van der Waals surface area (Å²) >= 11 is 1.84. The van der Waals surface area contributed by atoms with Gasteiger partial charge in [-0.2, -0.15) is 0 Å². The maximum Gasteiger partial charge on any atom is 0.0295 e. The average Bonchev–Trinajstić information content (AvgIpc) is 2.92. The van der Waals surface area contributed by atoms with Gasteiger partial charge in [-0.25, -0.2) is 0 Å². The predicted octanol–water partition coefficient (Wildman–Crippen LogP) is 4.33. The third kappa shape index (κ3) is 3.69. The summed E-state index contributed by atoms with van der Waals surface area (Å²) in [5.74, 6) is 0. The zero-order chi connectivity index (χ0) is 12.8. The number of hydrogen-bond donors (Lipinski definition) is 1. The minimum Gasteiger partial charge on any atom is -0.324 e. The summed E-state index contributed by atoms with van der Waals surface area (Å²) in [4.78, 5) is 1.46. The molecule has 0 bridgehead atoms. The van der Waals surface area contributed by atoms with Crippen molar-refractivity contribution in [3.63, 3.8) is 0 Å². The second-order valence-corrected chi connectivity index (χ2v) is 5.71. The SMILES string of the molecule is CCc1cccc(C(N)CCCc2cccs2)c1. The van der Waals surface area contributed by atoms with Crippen LogP contribution in [0.3, 0.4) is 0 Å². The van der Waals surface area contributed by atoms with Crippen molar-refractivity contribution in [2.24, 2.45) is 5.73 Å². The molecule has 1 aromatic heterocycles. The molecule has 0 fully saturated rings. The van der Waals surface area contributed by atoms with Crippen molar-refractivity contribution in [2.75, 3.05) is 0 Å². The van der Waals surface area contributed by atoms with Crippen LogP contribution in [-0.4, -0.2) is 0 Å². The summed E-state index contributed by atoms with van der Waals surface area (Å²) in [7, 11) is 0. The Hall–Kier alpha value is -1.12. The first-order valence-electron chi connectivity index (χ1n) is 6.66. The maximum absolute atomic E-state index is 6.26. The topological polar surface area (TPSA) is 26.0 Å². The molecule has 2 aromatic rings. The Morgan fingerprint density at radius 2 is 2.11 bits per heavy atom. The van der Waals surface area contributed by atoms with Gasteiger partial charge in [-0.15, -0.1) is 11.3 Å². The maximum atomic E-state index is 6.26. The van der Waals surface area contributed by atoms with E-state index in [2.05, 4.69) is 48.7 Å². The Balaban J connectivity index is 1.85. The van der Waals surface area contributed by atoms with Crippen LogP contribution in [0.1, 0.15) is 41.8 Å². The zero-order valence-electron chi connectivity index (χ0n) is 10.9. The molecule has 0 saturated heterocycles. The second kappa shape index (κ2) is 6.72. The van der Waals surface area contributed by atoms with E-state index in [1.54, 1.807) is 0 Å². The van der Waals surface area contributed by atoms with Crippen LogP contribution in [0.5, 0.6) is 0 Å². The highest BCUT2D eigenvalue weighted by atomic mass is 32.1. The van der Waals surface area contributed by atoms with Crippen molar-refractivity contribution in [3.8, 4) is 0 Å². The van der Waals surface area contributed by atoms with E-state index in [1.807, 2.05) is 11.3 Å². The molecule has 0 aliphatic rings. The molecule has 0 amide bonds. The van der Waals surface area contributed by atoms with Gasteiger partial charge in [0.15, 0.2) is 0 Å². The average molecular weight is 259 g/mol. The van der Waals surface area contributed by atoms with Gasteiger partial charge in [0.25, 0.3) is 0 Å². The first-order chi connectivity index (χ1) is 8.79. The molecular weight excluding hydrogens is 238 g/mol. The highest BCUT2D eigenvalue weighted by molar-refractivity contribution is 7.09. The number of rotatable bonds is 6. The van der Waals surface area contributed by atoms with E-state index in [-0.39, 0.29) is 6.04 Å². The van der Waals surface area contributed by atoms with Crippen molar-refractivity contribution in [3.05, 3.63) is 57.8 Å². The van der Waals surface area contributed by atoms with E-state index >= 15 is 0 Å². The Bertz CT molecular complexity index is 462. The Morgan fingerprint density at radius 1 is 1.22 bits per heavy atom. The van der Waals surface area contributed by atoms with Crippen molar-refractivity contribution in [1.29, 1.82) is 0 Å². The minimum atomic E-state index is 0.177. The molecule has 0 saturated carbocycles. The molecule has 0 aliphatic carbocycles. The molecule has 1 nitrogen and oxygen atoms in total.